The van der Waals surface area contributed by atoms with Gasteiger partial charge in [0, 0.05) is 36.0 Å². The zero-order chi connectivity index (χ0) is 22.2. The summed E-state index contributed by atoms with van der Waals surface area (Å²) < 4.78 is 42.8. The number of carbonyl (C=O) groups is 1. The number of halogens is 3. The predicted molar refractivity (Wildman–Crippen MR) is 109 cm³/mol. The highest BCUT2D eigenvalue weighted by Gasteiger charge is 2.31. The van der Waals surface area contributed by atoms with Crippen LogP contribution in [-0.4, -0.2) is 26.6 Å². The molecule has 0 saturated heterocycles. The molecule has 1 aromatic carbocycles. The van der Waals surface area contributed by atoms with E-state index in [0.717, 1.165) is 11.1 Å². The van der Waals surface area contributed by atoms with Crippen molar-refractivity contribution < 1.29 is 22.7 Å². The number of hydrogen-bond donors (Lipinski definition) is 2. The van der Waals surface area contributed by atoms with Crippen LogP contribution < -0.4 is 15.8 Å². The average Bonchev–Trinajstić information content (AvgIpc) is 3.08. The van der Waals surface area contributed by atoms with E-state index in [2.05, 4.69) is 20.0 Å². The minimum absolute atomic E-state index is 0.220. The normalized spacial score (nSPS) is 11.5. The number of nitrogen functional groups attached to an aromatic ring is 1. The molecular weight excluding hydrogens is 411 g/mol. The summed E-state index contributed by atoms with van der Waals surface area (Å²) in [5.74, 6) is 0.133. The molecule has 4 rings (SSSR count). The minimum atomic E-state index is -4.76. The Hall–Kier alpha value is -4.08. The Morgan fingerprint density at radius 1 is 1.06 bits per heavy atom. The summed E-state index contributed by atoms with van der Waals surface area (Å²) in [6.07, 6.45) is 0.358. The van der Waals surface area contributed by atoms with Crippen LogP contribution in [0.25, 0.3) is 27.9 Å². The Labute approximate surface area is 174 Å². The smallest absolute Gasteiger partial charge is 0.406 e. The highest BCUT2D eigenvalue weighted by atomic mass is 19.4. The molecule has 0 unspecified atom stereocenters. The molecule has 0 saturated carbocycles. The van der Waals surface area contributed by atoms with Gasteiger partial charge >= 0.3 is 6.36 Å². The molecule has 4 aromatic rings. The summed E-state index contributed by atoms with van der Waals surface area (Å²) in [4.78, 5) is 19.8. The lowest BCUT2D eigenvalue weighted by atomic mass is 10.0. The van der Waals surface area contributed by atoms with Crippen LogP contribution in [0, 0.1) is 0 Å². The third-order valence-corrected chi connectivity index (χ3v) is 4.41. The molecule has 0 radical (unpaired) electrons. The lowest BCUT2D eigenvalue weighted by Crippen LogP contribution is -2.16. The highest BCUT2D eigenvalue weighted by Crippen LogP contribution is 2.32. The average molecular weight is 427 g/mol. The van der Waals surface area contributed by atoms with Crippen LogP contribution in [0.3, 0.4) is 0 Å². The Balaban J connectivity index is 1.66. The summed E-state index contributed by atoms with van der Waals surface area (Å²) in [6.45, 7) is 1.40. The number of nitrogens with two attached hydrogens (primary N) is 1. The molecule has 7 nitrogen and oxygen atoms in total. The molecule has 0 aliphatic rings. The molecule has 0 aliphatic heterocycles. The van der Waals surface area contributed by atoms with Crippen molar-refractivity contribution in [2.24, 2.45) is 0 Å². The summed E-state index contributed by atoms with van der Waals surface area (Å²) in [6, 6.07) is 10.8. The summed E-state index contributed by atoms with van der Waals surface area (Å²) in [5, 5.41) is 2.63. The van der Waals surface area contributed by atoms with Gasteiger partial charge in [-0.1, -0.05) is 12.1 Å². The number of alkyl halides is 3. The van der Waals surface area contributed by atoms with Crippen molar-refractivity contribution in [3.8, 4) is 28.0 Å². The Bertz CT molecular complexity index is 1270. The molecule has 3 aromatic heterocycles. The number of ether oxygens (including phenoxy) is 1. The number of aromatic nitrogens is 3. The number of carbonyl (C=O) groups excluding carboxylic acids is 1. The zero-order valence-electron chi connectivity index (χ0n) is 16.1. The van der Waals surface area contributed by atoms with E-state index in [1.54, 1.807) is 28.9 Å². The quantitative estimate of drug-likeness (QED) is 0.500. The maximum Gasteiger partial charge on any atom is 0.573 e. The lowest BCUT2D eigenvalue weighted by Gasteiger charge is -2.11. The van der Waals surface area contributed by atoms with Crippen LogP contribution >= 0.6 is 0 Å². The molecular formula is C21H16F3N5O2. The van der Waals surface area contributed by atoms with Gasteiger partial charge in [-0.05, 0) is 35.9 Å². The van der Waals surface area contributed by atoms with Crippen LogP contribution in [0.2, 0.25) is 0 Å². The van der Waals surface area contributed by atoms with Gasteiger partial charge in [-0.2, -0.15) is 0 Å². The second-order valence-corrected chi connectivity index (χ2v) is 6.72. The van der Waals surface area contributed by atoms with E-state index in [1.807, 2.05) is 12.3 Å². The molecule has 3 heterocycles. The third-order valence-electron chi connectivity index (χ3n) is 4.41. The van der Waals surface area contributed by atoms with Gasteiger partial charge in [-0.15, -0.1) is 13.2 Å². The van der Waals surface area contributed by atoms with E-state index >= 15 is 0 Å². The van der Waals surface area contributed by atoms with E-state index in [9.17, 15) is 18.0 Å². The van der Waals surface area contributed by atoms with Gasteiger partial charge in [-0.3, -0.25) is 4.79 Å². The summed E-state index contributed by atoms with van der Waals surface area (Å²) >= 11 is 0. The number of benzene rings is 1. The molecule has 0 aliphatic carbocycles. The van der Waals surface area contributed by atoms with Crippen LogP contribution in [0.4, 0.5) is 24.8 Å². The van der Waals surface area contributed by atoms with Gasteiger partial charge in [0.05, 0.1) is 6.20 Å². The Morgan fingerprint density at radius 3 is 2.45 bits per heavy atom. The fourth-order valence-corrected chi connectivity index (χ4v) is 3.10. The first-order valence-corrected chi connectivity index (χ1v) is 9.06. The molecule has 10 heteroatoms. The molecule has 1 amide bonds. The van der Waals surface area contributed by atoms with E-state index in [1.165, 1.54) is 31.2 Å². The number of fused-ring (bicyclic) bond motifs is 1. The number of rotatable bonds is 4. The first kappa shape index (κ1) is 20.2. The molecule has 158 valence electrons. The molecule has 0 spiro atoms. The number of imidazole rings is 1. The highest BCUT2D eigenvalue weighted by molar-refractivity contribution is 5.88. The van der Waals surface area contributed by atoms with Crippen LogP contribution in [0.1, 0.15) is 6.92 Å². The van der Waals surface area contributed by atoms with Crippen molar-refractivity contribution in [2.75, 3.05) is 11.1 Å². The number of pyridine rings is 2. The van der Waals surface area contributed by atoms with Crippen molar-refractivity contribution in [2.45, 2.75) is 13.3 Å². The second-order valence-electron chi connectivity index (χ2n) is 6.72. The first-order chi connectivity index (χ1) is 14.7. The van der Waals surface area contributed by atoms with Crippen molar-refractivity contribution >= 4 is 23.2 Å². The predicted octanol–water partition coefficient (Wildman–Crippen LogP) is 4.50. The van der Waals surface area contributed by atoms with E-state index in [0.29, 0.717) is 22.6 Å². The minimum Gasteiger partial charge on any atom is -0.406 e. The first-order valence-electron chi connectivity index (χ1n) is 9.06. The number of nitrogens with zero attached hydrogens (tertiary/aromatic N) is 3. The van der Waals surface area contributed by atoms with Crippen molar-refractivity contribution in [3.63, 3.8) is 0 Å². The van der Waals surface area contributed by atoms with E-state index < -0.39 is 6.36 Å². The summed E-state index contributed by atoms with van der Waals surface area (Å²) in [5.41, 5.74) is 9.37. The molecule has 0 fully saturated rings. The number of anilines is 2. The van der Waals surface area contributed by atoms with E-state index in [-0.39, 0.29) is 17.5 Å². The van der Waals surface area contributed by atoms with Crippen LogP contribution in [0.15, 0.2) is 61.1 Å². The van der Waals surface area contributed by atoms with E-state index in [4.69, 9.17) is 5.73 Å². The number of hydrogen-bond acceptors (Lipinski definition) is 5. The zero-order valence-corrected chi connectivity index (χ0v) is 16.1. The van der Waals surface area contributed by atoms with Gasteiger partial charge in [0.25, 0.3) is 0 Å². The van der Waals surface area contributed by atoms with Gasteiger partial charge < -0.3 is 20.2 Å². The second kappa shape index (κ2) is 7.63. The van der Waals surface area contributed by atoms with Gasteiger partial charge in [-0.25, -0.2) is 9.97 Å². The monoisotopic (exact) mass is 427 g/mol. The van der Waals surface area contributed by atoms with Crippen molar-refractivity contribution in [1.82, 2.24) is 14.4 Å². The maximum atomic E-state index is 12.4. The Morgan fingerprint density at radius 2 is 1.77 bits per heavy atom. The Kier molecular flexibility index (Phi) is 4.97. The SMILES string of the molecule is CC(=O)Nc1cn2cc(-c3cnc(N)c(-c4ccc(OC(F)(F)F)cc4)c3)ccc2n1. The fourth-order valence-electron chi connectivity index (χ4n) is 3.10. The summed E-state index contributed by atoms with van der Waals surface area (Å²) in [7, 11) is 0. The van der Waals surface area contributed by atoms with Gasteiger partial charge in [0.1, 0.15) is 17.2 Å². The fraction of sp³-hybridized carbons (Fsp3) is 0.0952. The standard InChI is InChI=1S/C21H16F3N5O2/c1-12(30)27-18-11-29-10-14(4-7-19(29)28-18)15-8-17(20(25)26-9-15)13-2-5-16(6-3-13)31-21(22,23)24/h2-11H,1H3,(H2,25,26)(H,27,30). The van der Waals surface area contributed by atoms with Crippen LogP contribution in [-0.2, 0) is 4.79 Å². The van der Waals surface area contributed by atoms with Gasteiger partial charge in [0.2, 0.25) is 5.91 Å². The molecule has 31 heavy (non-hydrogen) atoms. The van der Waals surface area contributed by atoms with Gasteiger partial charge in [0.15, 0.2) is 5.82 Å². The molecule has 0 bridgehead atoms. The third kappa shape index (κ3) is 4.58. The number of nitrogens with one attached hydrogen (secondary N) is 1. The topological polar surface area (TPSA) is 94.5 Å². The van der Waals surface area contributed by atoms with Crippen molar-refractivity contribution in [1.29, 1.82) is 0 Å². The van der Waals surface area contributed by atoms with Crippen LogP contribution in [0.5, 0.6) is 5.75 Å². The van der Waals surface area contributed by atoms with Crippen molar-refractivity contribution in [3.05, 3.63) is 61.1 Å². The maximum absolute atomic E-state index is 12.4. The lowest BCUT2D eigenvalue weighted by molar-refractivity contribution is -0.274. The number of amides is 1. The largest absolute Gasteiger partial charge is 0.573 e. The molecule has 3 N–H and O–H groups in total. The molecule has 0 atom stereocenters.